The van der Waals surface area contributed by atoms with Gasteiger partial charge in [0, 0.05) is 19.3 Å². The van der Waals surface area contributed by atoms with Gasteiger partial charge in [0.15, 0.2) is 6.10 Å². The molecule has 694 valence electrons. The summed E-state index contributed by atoms with van der Waals surface area (Å²) < 4.78 is 61.6. The minimum atomic E-state index is -4.95. The quantitative estimate of drug-likeness (QED) is 0.0146. The van der Waals surface area contributed by atoms with E-state index in [0.717, 1.165) is 161 Å². The summed E-state index contributed by atoms with van der Waals surface area (Å²) in [6.45, 7) is 2.46. The van der Waals surface area contributed by atoms with Crippen LogP contribution in [0.25, 0.3) is 0 Å². The number of carbonyl (C=O) groups excluding carboxylic acids is 3. The van der Waals surface area contributed by atoms with Crippen molar-refractivity contribution < 1.29 is 75.8 Å². The Labute approximate surface area is 739 Å². The fraction of sp³-hybridized carbons (Fsp3) is 0.699. The highest BCUT2D eigenvalue weighted by molar-refractivity contribution is 7.47. The summed E-state index contributed by atoms with van der Waals surface area (Å²) >= 11 is 0. The molecule has 0 rings (SSSR count). The molecule has 0 amide bonds. The second-order valence-corrected chi connectivity index (χ2v) is 35.0. The number of aliphatic hydroxyl groups excluding tert-OH is 2. The van der Waals surface area contributed by atoms with E-state index >= 15 is 0 Å². The van der Waals surface area contributed by atoms with Gasteiger partial charge in [0.2, 0.25) is 0 Å². The molecule has 0 aliphatic rings. The van der Waals surface area contributed by atoms with Gasteiger partial charge in [-0.1, -0.05) is 403 Å². The van der Waals surface area contributed by atoms with Gasteiger partial charge in [-0.15, -0.1) is 0 Å². The van der Waals surface area contributed by atoms with Gasteiger partial charge in [-0.3, -0.25) is 32.5 Å². The number of allylic oxidation sites excluding steroid dienone is 28. The molecule has 121 heavy (non-hydrogen) atoms. The Bertz CT molecular complexity index is 2880. The lowest BCUT2D eigenvalue weighted by atomic mass is 10.0. The molecule has 0 fully saturated rings. The van der Waals surface area contributed by atoms with Crippen LogP contribution in [0.2, 0.25) is 0 Å². The van der Waals surface area contributed by atoms with E-state index in [4.69, 9.17) is 32.3 Å². The molecule has 0 aliphatic heterocycles. The fourth-order valence-electron chi connectivity index (χ4n) is 13.1. The number of aliphatic hydroxyl groups is 2. The lowest BCUT2D eigenvalue weighted by molar-refractivity contribution is -0.161. The van der Waals surface area contributed by atoms with E-state index in [1.54, 1.807) is 0 Å². The Morgan fingerprint density at radius 2 is 0.438 bits per heavy atom. The van der Waals surface area contributed by atoms with Gasteiger partial charge in [0.1, 0.15) is 25.4 Å². The first-order valence-electron chi connectivity index (χ1n) is 48.4. The molecular weight excluding hydrogens is 1560 g/mol. The van der Waals surface area contributed by atoms with E-state index in [1.165, 1.54) is 186 Å². The molecule has 5 unspecified atom stereocenters. The largest absolute Gasteiger partial charge is 0.472 e. The molecule has 18 heteroatoms. The smallest absolute Gasteiger partial charge is 0.463 e. The van der Waals surface area contributed by atoms with Crippen LogP contribution in [0.15, 0.2) is 170 Å². The predicted molar refractivity (Wildman–Crippen MR) is 509 cm³/mol. The minimum Gasteiger partial charge on any atom is -0.463 e. The third kappa shape index (κ3) is 95.4. The monoisotopic (exact) mass is 1730 g/mol. The maximum Gasteiger partial charge on any atom is 0.472 e. The van der Waals surface area contributed by atoms with Crippen molar-refractivity contribution in [2.75, 3.05) is 39.6 Å². The topological polar surface area (TPSA) is 231 Å². The van der Waals surface area contributed by atoms with Crippen LogP contribution in [0, 0.1) is 0 Å². The molecule has 0 saturated heterocycles. The summed E-state index contributed by atoms with van der Waals surface area (Å²) in [7, 11) is -9.82. The van der Waals surface area contributed by atoms with Crippen molar-refractivity contribution in [1.29, 1.82) is 0 Å². The molecule has 0 radical (unpaired) electrons. The average molecular weight is 1730 g/mol. The molecule has 0 aromatic rings. The zero-order valence-corrected chi connectivity index (χ0v) is 78.4. The standard InChI is InChI=1S/C103H176O16P2/c1-4-7-10-13-16-19-22-25-28-31-34-37-39-41-43-45-47-48-50-52-53-55-57-60-62-65-68-71-74-77-80-83-86-89-101(106)113-92-98(104)93-115-120(109,110)116-94-99(105)95-117-121(111,112)118-97-100(119-103(108)91-88-85-82-79-76-73-70-67-64-59-36-33-30-27-24-21-18-15-12-9-6-3)96-114-102(107)90-87-84-81-78-75-72-69-66-63-61-58-56-54-51-49-46-44-42-40-38-35-32-29-26-23-20-17-14-11-8-5-2/h7-8,10-11,16-21,25-30,34-38,41-44,59,67,70,98-100,104-105H,4-6,9,12-15,22-24,31-33,39-40,45-58,60-66,68-69,71-97H2,1-3H3,(H,109,110)(H,111,112)/b10-7-,11-8-,19-16-,20-17-,21-18-,28-25-,29-26-,30-27-,37-34-,38-35-,43-41-,44-42-,59-36-,70-67-. The molecule has 0 aliphatic carbocycles. The summed E-state index contributed by atoms with van der Waals surface area (Å²) in [6, 6.07) is 0. The highest BCUT2D eigenvalue weighted by atomic mass is 31.2. The van der Waals surface area contributed by atoms with Crippen LogP contribution in [0.4, 0.5) is 0 Å². The van der Waals surface area contributed by atoms with Crippen LogP contribution in [0.1, 0.15) is 406 Å². The maximum atomic E-state index is 13.1. The molecule has 0 heterocycles. The number of hydrogen-bond acceptors (Lipinski definition) is 14. The summed E-state index contributed by atoms with van der Waals surface area (Å²) in [5.41, 5.74) is 0. The highest BCUT2D eigenvalue weighted by Crippen LogP contribution is 2.45. The first-order valence-corrected chi connectivity index (χ1v) is 51.4. The van der Waals surface area contributed by atoms with Crippen molar-refractivity contribution in [1.82, 2.24) is 0 Å². The molecular formula is C103H176O16P2. The van der Waals surface area contributed by atoms with Gasteiger partial charge in [0.25, 0.3) is 0 Å². The number of unbranched alkanes of at least 4 members (excludes halogenated alkanes) is 40. The van der Waals surface area contributed by atoms with Crippen LogP contribution in [0.5, 0.6) is 0 Å². The van der Waals surface area contributed by atoms with Crippen LogP contribution in [-0.2, 0) is 55.8 Å². The van der Waals surface area contributed by atoms with Crippen molar-refractivity contribution in [2.45, 2.75) is 424 Å². The number of ether oxygens (including phenoxy) is 3. The number of hydrogen-bond donors (Lipinski definition) is 4. The number of carbonyl (C=O) groups is 3. The summed E-state index contributed by atoms with van der Waals surface area (Å²) in [4.78, 5) is 59.1. The van der Waals surface area contributed by atoms with Crippen molar-refractivity contribution in [2.24, 2.45) is 0 Å². The lowest BCUT2D eigenvalue weighted by Crippen LogP contribution is -2.30. The summed E-state index contributed by atoms with van der Waals surface area (Å²) in [5.74, 6) is -1.58. The number of phosphoric ester groups is 2. The zero-order valence-electron chi connectivity index (χ0n) is 76.6. The third-order valence-electron chi connectivity index (χ3n) is 20.4. The molecule has 0 saturated carbocycles. The average Bonchev–Trinajstić information content (AvgIpc) is 0.889. The van der Waals surface area contributed by atoms with E-state index in [0.29, 0.717) is 19.3 Å². The van der Waals surface area contributed by atoms with E-state index in [2.05, 4.69) is 191 Å². The van der Waals surface area contributed by atoms with Gasteiger partial charge in [-0.2, -0.15) is 0 Å². The first kappa shape index (κ1) is 116. The van der Waals surface area contributed by atoms with Gasteiger partial charge < -0.3 is 34.2 Å². The maximum absolute atomic E-state index is 13.1. The van der Waals surface area contributed by atoms with Crippen molar-refractivity contribution in [3.05, 3.63) is 170 Å². The Morgan fingerprint density at radius 3 is 0.694 bits per heavy atom. The van der Waals surface area contributed by atoms with Crippen LogP contribution in [0.3, 0.4) is 0 Å². The van der Waals surface area contributed by atoms with Crippen LogP contribution in [-0.4, -0.2) is 95.9 Å². The fourth-order valence-corrected chi connectivity index (χ4v) is 14.7. The second kappa shape index (κ2) is 94.1. The molecule has 0 aromatic carbocycles. The van der Waals surface area contributed by atoms with Crippen molar-refractivity contribution >= 4 is 33.6 Å². The normalized spacial score (nSPS) is 14.5. The molecule has 0 bridgehead atoms. The Kier molecular flexibility index (Phi) is 90.1. The van der Waals surface area contributed by atoms with Gasteiger partial charge in [0.05, 0.1) is 26.4 Å². The minimum absolute atomic E-state index is 0.0809. The van der Waals surface area contributed by atoms with Crippen molar-refractivity contribution in [3.8, 4) is 0 Å². The van der Waals surface area contributed by atoms with E-state index in [-0.39, 0.29) is 19.3 Å². The van der Waals surface area contributed by atoms with E-state index in [9.17, 15) is 43.5 Å². The molecule has 0 spiro atoms. The molecule has 4 N–H and O–H groups in total. The van der Waals surface area contributed by atoms with Crippen LogP contribution < -0.4 is 0 Å². The van der Waals surface area contributed by atoms with Gasteiger partial charge in [-0.05, 0) is 154 Å². The number of phosphoric acid groups is 2. The zero-order chi connectivity index (χ0) is 87.9. The number of rotatable bonds is 91. The van der Waals surface area contributed by atoms with Gasteiger partial charge in [-0.25, -0.2) is 9.13 Å². The molecule has 16 nitrogen and oxygen atoms in total. The Morgan fingerprint density at radius 1 is 0.240 bits per heavy atom. The van der Waals surface area contributed by atoms with E-state index < -0.39 is 91.5 Å². The second-order valence-electron chi connectivity index (χ2n) is 32.1. The Balaban J connectivity index is 4.56. The first-order chi connectivity index (χ1) is 59.2. The number of esters is 3. The molecule has 0 aromatic heterocycles. The SMILES string of the molecule is CC/C=C\C/C=C\C/C=C\C/C=C\C/C=C\CCCCCCCCCCCCCCCCCCCC(=O)OCC(O)COP(=O)(O)OCC(O)COP(=O)(O)OCC(COC(=O)CCCCCCCCCCCCCCCCC/C=C\C/C=C\C/C=C\C/C=C\C/C=C\CC)OC(=O)CCCCCCC/C=C\C/C=C\C/C=C\C/C=C\CCCCC. The van der Waals surface area contributed by atoms with E-state index in [1.807, 2.05) is 0 Å². The van der Waals surface area contributed by atoms with Gasteiger partial charge >= 0.3 is 33.6 Å². The Hall–Kier alpha value is -5.09. The highest BCUT2D eigenvalue weighted by Gasteiger charge is 2.30. The van der Waals surface area contributed by atoms with Crippen molar-refractivity contribution in [3.63, 3.8) is 0 Å². The third-order valence-corrected chi connectivity index (χ3v) is 22.3. The van der Waals surface area contributed by atoms with Crippen LogP contribution >= 0.6 is 15.6 Å². The molecule has 5 atom stereocenters. The summed E-state index contributed by atoms with van der Waals surface area (Å²) in [5, 5.41) is 20.8. The summed E-state index contributed by atoms with van der Waals surface area (Å²) in [6.07, 6.45) is 123. The lowest BCUT2D eigenvalue weighted by Gasteiger charge is -2.21. The predicted octanol–water partition coefficient (Wildman–Crippen LogP) is 30.2.